The van der Waals surface area contributed by atoms with E-state index in [0.717, 1.165) is 23.2 Å². The molecule has 0 unspecified atom stereocenters. The molecule has 0 atom stereocenters. The molecule has 3 rings (SSSR count). The van der Waals surface area contributed by atoms with Crippen molar-refractivity contribution in [3.63, 3.8) is 0 Å². The number of nitrogens with zero attached hydrogens (tertiary/aromatic N) is 2. The van der Waals surface area contributed by atoms with Crippen molar-refractivity contribution < 1.29 is 14.4 Å². The van der Waals surface area contributed by atoms with E-state index >= 15 is 0 Å². The Balaban J connectivity index is 1.99. The van der Waals surface area contributed by atoms with Gasteiger partial charge in [-0.2, -0.15) is 0 Å². The van der Waals surface area contributed by atoms with Crippen LogP contribution in [-0.2, 0) is 0 Å². The highest BCUT2D eigenvalue weighted by atomic mass is 35.5. The fourth-order valence-corrected chi connectivity index (χ4v) is 4.07. The lowest BCUT2D eigenvalue weighted by atomic mass is 10.2. The molecule has 1 aromatic heterocycles. The molecule has 0 spiro atoms. The summed E-state index contributed by atoms with van der Waals surface area (Å²) in [6.07, 6.45) is 0.867. The zero-order valence-electron chi connectivity index (χ0n) is 15.7. The highest BCUT2D eigenvalue weighted by Crippen LogP contribution is 2.35. The summed E-state index contributed by atoms with van der Waals surface area (Å²) in [5.74, 6) is 0.574. The standard InChI is InChI=1S/C20H22ClN3O2S/c1-23(2)12-7-13-24(19(25)14-8-4-5-9-15(14)21)20-22-18-16(26-3)10-6-11-17(18)27-20/h4-6,8-11H,7,12-13H2,1-3H3/p+1. The van der Waals surface area contributed by atoms with E-state index in [1.54, 1.807) is 24.1 Å². The first kappa shape index (κ1) is 19.6. The molecule has 0 aliphatic carbocycles. The van der Waals surface area contributed by atoms with E-state index in [4.69, 9.17) is 21.3 Å². The van der Waals surface area contributed by atoms with Crippen LogP contribution in [0.2, 0.25) is 5.02 Å². The summed E-state index contributed by atoms with van der Waals surface area (Å²) in [7, 11) is 5.83. The summed E-state index contributed by atoms with van der Waals surface area (Å²) in [5.41, 5.74) is 1.26. The molecule has 0 aliphatic heterocycles. The normalized spacial score (nSPS) is 11.1. The number of carbonyl (C=O) groups is 1. The van der Waals surface area contributed by atoms with E-state index in [2.05, 4.69) is 14.1 Å². The van der Waals surface area contributed by atoms with E-state index in [9.17, 15) is 4.79 Å². The number of para-hydroxylation sites is 1. The van der Waals surface area contributed by atoms with Gasteiger partial charge in [0.15, 0.2) is 5.13 Å². The summed E-state index contributed by atoms with van der Waals surface area (Å²) in [4.78, 5) is 21.0. The molecule has 1 amide bonds. The molecule has 1 heterocycles. The van der Waals surface area contributed by atoms with E-state index in [-0.39, 0.29) is 5.91 Å². The van der Waals surface area contributed by atoms with Crippen molar-refractivity contribution in [2.45, 2.75) is 6.42 Å². The number of methoxy groups -OCH3 is 1. The number of rotatable bonds is 7. The van der Waals surface area contributed by atoms with Gasteiger partial charge in [-0.25, -0.2) is 4.98 Å². The predicted octanol–water partition coefficient (Wildman–Crippen LogP) is 3.14. The number of amides is 1. The average molecular weight is 405 g/mol. The Labute approximate surface area is 168 Å². The molecule has 142 valence electrons. The number of halogens is 1. The molecule has 2 aromatic carbocycles. The van der Waals surface area contributed by atoms with Crippen molar-refractivity contribution in [1.29, 1.82) is 0 Å². The lowest BCUT2D eigenvalue weighted by molar-refractivity contribution is -0.858. The molecule has 7 heteroatoms. The maximum absolute atomic E-state index is 13.2. The molecule has 0 fully saturated rings. The van der Waals surface area contributed by atoms with Crippen molar-refractivity contribution in [3.8, 4) is 5.75 Å². The Morgan fingerprint density at radius 2 is 2.00 bits per heavy atom. The first-order chi connectivity index (χ1) is 13.0. The SMILES string of the molecule is COc1cccc2sc(N(CCC[NH+](C)C)C(=O)c3ccccc3Cl)nc12. The van der Waals surface area contributed by atoms with Gasteiger partial charge in [-0.1, -0.05) is 41.1 Å². The number of anilines is 1. The number of fused-ring (bicyclic) bond motifs is 1. The lowest BCUT2D eigenvalue weighted by Gasteiger charge is -2.21. The molecule has 1 N–H and O–H groups in total. The van der Waals surface area contributed by atoms with Crippen LogP contribution in [0.4, 0.5) is 5.13 Å². The Bertz CT molecular complexity index is 942. The number of hydrogen-bond donors (Lipinski definition) is 1. The minimum absolute atomic E-state index is 0.132. The van der Waals surface area contributed by atoms with Crippen LogP contribution in [0.15, 0.2) is 42.5 Å². The highest BCUT2D eigenvalue weighted by Gasteiger charge is 2.23. The summed E-state index contributed by atoms with van der Waals surface area (Å²) in [5, 5.41) is 1.11. The molecular formula is C20H23ClN3O2S+. The number of hydrogen-bond acceptors (Lipinski definition) is 4. The molecule has 0 saturated heterocycles. The van der Waals surface area contributed by atoms with Crippen molar-refractivity contribution in [2.24, 2.45) is 0 Å². The number of nitrogens with one attached hydrogen (secondary N) is 1. The zero-order valence-corrected chi connectivity index (χ0v) is 17.2. The molecule has 3 aromatic rings. The number of benzene rings is 2. The smallest absolute Gasteiger partial charge is 0.261 e. The second-order valence-corrected chi connectivity index (χ2v) is 7.97. The first-order valence-electron chi connectivity index (χ1n) is 8.80. The summed E-state index contributed by atoms with van der Waals surface area (Å²) in [6.45, 7) is 1.54. The van der Waals surface area contributed by atoms with E-state index < -0.39 is 0 Å². The molecule has 0 saturated carbocycles. The van der Waals surface area contributed by atoms with Crippen LogP contribution in [0, 0.1) is 0 Å². The highest BCUT2D eigenvalue weighted by molar-refractivity contribution is 7.22. The summed E-state index contributed by atoms with van der Waals surface area (Å²) >= 11 is 7.76. The van der Waals surface area contributed by atoms with Gasteiger partial charge in [0, 0.05) is 13.0 Å². The third kappa shape index (κ3) is 4.40. The van der Waals surface area contributed by atoms with Crippen molar-refractivity contribution in [2.75, 3.05) is 39.2 Å². The molecule has 5 nitrogen and oxygen atoms in total. The van der Waals surface area contributed by atoms with Crippen molar-refractivity contribution >= 4 is 44.2 Å². The average Bonchev–Trinajstić information content (AvgIpc) is 3.08. The number of quaternary nitrogens is 1. The van der Waals surface area contributed by atoms with E-state index in [0.29, 0.717) is 28.0 Å². The summed E-state index contributed by atoms with van der Waals surface area (Å²) in [6, 6.07) is 12.9. The minimum Gasteiger partial charge on any atom is -0.494 e. The third-order valence-electron chi connectivity index (χ3n) is 4.23. The maximum atomic E-state index is 13.2. The Morgan fingerprint density at radius 1 is 1.22 bits per heavy atom. The van der Waals surface area contributed by atoms with Gasteiger partial charge in [-0.05, 0) is 24.3 Å². The Morgan fingerprint density at radius 3 is 2.70 bits per heavy atom. The van der Waals surface area contributed by atoms with Crippen molar-refractivity contribution in [1.82, 2.24) is 4.98 Å². The number of thiazole rings is 1. The molecule has 0 radical (unpaired) electrons. The van der Waals surface area contributed by atoms with Gasteiger partial charge in [-0.3, -0.25) is 9.69 Å². The molecule has 0 bridgehead atoms. The predicted molar refractivity (Wildman–Crippen MR) is 112 cm³/mol. The van der Waals surface area contributed by atoms with Gasteiger partial charge < -0.3 is 9.64 Å². The van der Waals surface area contributed by atoms with Crippen LogP contribution in [0.5, 0.6) is 5.75 Å². The van der Waals surface area contributed by atoms with Gasteiger partial charge >= 0.3 is 0 Å². The van der Waals surface area contributed by atoms with Gasteiger partial charge in [0.2, 0.25) is 0 Å². The minimum atomic E-state index is -0.132. The van der Waals surface area contributed by atoms with Gasteiger partial charge in [-0.15, -0.1) is 0 Å². The second kappa shape index (κ2) is 8.69. The van der Waals surface area contributed by atoms with Crippen LogP contribution in [0.3, 0.4) is 0 Å². The quantitative estimate of drug-likeness (QED) is 0.658. The van der Waals surface area contributed by atoms with Crippen LogP contribution in [0.25, 0.3) is 10.2 Å². The third-order valence-corrected chi connectivity index (χ3v) is 5.60. The number of aromatic nitrogens is 1. The van der Waals surface area contributed by atoms with Gasteiger partial charge in [0.25, 0.3) is 5.91 Å². The number of carbonyl (C=O) groups excluding carboxylic acids is 1. The van der Waals surface area contributed by atoms with Crippen molar-refractivity contribution in [3.05, 3.63) is 53.1 Å². The topological polar surface area (TPSA) is 46.9 Å². The maximum Gasteiger partial charge on any atom is 0.261 e. The van der Waals surface area contributed by atoms with Crippen LogP contribution < -0.4 is 14.5 Å². The largest absolute Gasteiger partial charge is 0.494 e. The Hall–Kier alpha value is -2.15. The van der Waals surface area contributed by atoms with E-state index in [1.165, 1.54) is 16.2 Å². The fraction of sp³-hybridized carbons (Fsp3) is 0.300. The van der Waals surface area contributed by atoms with Gasteiger partial charge in [0.1, 0.15) is 11.3 Å². The van der Waals surface area contributed by atoms with Crippen LogP contribution >= 0.6 is 22.9 Å². The van der Waals surface area contributed by atoms with Crippen LogP contribution in [0.1, 0.15) is 16.8 Å². The van der Waals surface area contributed by atoms with E-state index in [1.807, 2.05) is 30.3 Å². The second-order valence-electron chi connectivity index (χ2n) is 6.55. The fourth-order valence-electron chi connectivity index (χ4n) is 2.85. The Kier molecular flexibility index (Phi) is 6.31. The molecule has 0 aliphatic rings. The number of ether oxygens (including phenoxy) is 1. The summed E-state index contributed by atoms with van der Waals surface area (Å²) < 4.78 is 6.40. The zero-order chi connectivity index (χ0) is 19.4. The molecule has 27 heavy (non-hydrogen) atoms. The van der Waals surface area contributed by atoms with Gasteiger partial charge in [0.05, 0.1) is 43.0 Å². The van der Waals surface area contributed by atoms with Crippen LogP contribution in [-0.4, -0.2) is 45.2 Å². The first-order valence-corrected chi connectivity index (χ1v) is 9.99. The monoisotopic (exact) mass is 404 g/mol. The molecular weight excluding hydrogens is 382 g/mol. The lowest BCUT2D eigenvalue weighted by Crippen LogP contribution is -3.05.